The van der Waals surface area contributed by atoms with E-state index < -0.39 is 0 Å². The summed E-state index contributed by atoms with van der Waals surface area (Å²) in [4.78, 5) is 0. The zero-order valence-electron chi connectivity index (χ0n) is 9.17. The van der Waals surface area contributed by atoms with Crippen molar-refractivity contribution in [1.29, 1.82) is 0 Å². The average molecular weight is 187 g/mol. The first-order valence-electron chi connectivity index (χ1n) is 5.28. The van der Waals surface area contributed by atoms with Crippen molar-refractivity contribution in [2.24, 2.45) is 7.05 Å². The van der Waals surface area contributed by atoms with Gasteiger partial charge in [0, 0.05) is 23.6 Å². The van der Waals surface area contributed by atoms with Crippen molar-refractivity contribution < 1.29 is 0 Å². The van der Waals surface area contributed by atoms with Crippen molar-refractivity contribution in [3.63, 3.8) is 0 Å². The van der Waals surface area contributed by atoms with E-state index in [9.17, 15) is 0 Å². The van der Waals surface area contributed by atoms with Crippen molar-refractivity contribution in [3.8, 4) is 0 Å². The van der Waals surface area contributed by atoms with Crippen LogP contribution in [-0.2, 0) is 13.5 Å². The lowest BCUT2D eigenvalue weighted by atomic mass is 10.1. The third-order valence-electron chi connectivity index (χ3n) is 3.03. The fraction of sp³-hybridized carbons (Fsp3) is 0.385. The highest BCUT2D eigenvalue weighted by Gasteiger charge is 2.09. The maximum atomic E-state index is 2.29. The van der Waals surface area contributed by atoms with Crippen molar-refractivity contribution in [3.05, 3.63) is 35.5 Å². The van der Waals surface area contributed by atoms with E-state index in [4.69, 9.17) is 0 Å². The lowest BCUT2D eigenvalue weighted by molar-refractivity contribution is 0.866. The number of hydrogen-bond acceptors (Lipinski definition) is 0. The Balaban J connectivity index is 2.74. The van der Waals surface area contributed by atoms with E-state index in [2.05, 4.69) is 49.7 Å². The first-order valence-corrected chi connectivity index (χ1v) is 5.28. The maximum absolute atomic E-state index is 2.29. The molecule has 0 atom stereocenters. The molecule has 2 rings (SSSR count). The third-order valence-corrected chi connectivity index (χ3v) is 3.03. The molecule has 0 saturated heterocycles. The minimum atomic E-state index is 1.19. The van der Waals surface area contributed by atoms with Gasteiger partial charge in [0.25, 0.3) is 0 Å². The first-order chi connectivity index (χ1) is 6.75. The molecule has 0 aliphatic heterocycles. The Morgan fingerprint density at radius 1 is 1.21 bits per heavy atom. The molecule has 0 bridgehead atoms. The highest BCUT2D eigenvalue weighted by atomic mass is 14.9. The van der Waals surface area contributed by atoms with Crippen LogP contribution in [0.25, 0.3) is 10.9 Å². The van der Waals surface area contributed by atoms with Crippen LogP contribution < -0.4 is 0 Å². The van der Waals surface area contributed by atoms with E-state index in [0.29, 0.717) is 0 Å². The summed E-state index contributed by atoms with van der Waals surface area (Å²) >= 11 is 0. The van der Waals surface area contributed by atoms with Crippen molar-refractivity contribution in [2.45, 2.75) is 26.7 Å². The van der Waals surface area contributed by atoms with Gasteiger partial charge in [-0.2, -0.15) is 0 Å². The monoisotopic (exact) mass is 187 g/mol. The van der Waals surface area contributed by atoms with Gasteiger partial charge in [0.1, 0.15) is 0 Å². The SMILES string of the molecule is CCCc1c(C)n(C)c2ccccc12. The number of nitrogens with zero attached hydrogens (tertiary/aromatic N) is 1. The Bertz CT molecular complexity index is 451. The minimum absolute atomic E-state index is 1.19. The molecule has 2 aromatic rings. The molecule has 0 spiro atoms. The molecule has 0 radical (unpaired) electrons. The zero-order chi connectivity index (χ0) is 10.1. The van der Waals surface area contributed by atoms with Crippen LogP contribution >= 0.6 is 0 Å². The Labute approximate surface area is 85.4 Å². The highest BCUT2D eigenvalue weighted by Crippen LogP contribution is 2.25. The molecule has 1 heteroatoms. The molecule has 0 saturated carbocycles. The predicted octanol–water partition coefficient (Wildman–Crippen LogP) is 3.44. The van der Waals surface area contributed by atoms with E-state index in [1.165, 1.54) is 35.0 Å². The van der Waals surface area contributed by atoms with Gasteiger partial charge in [0.05, 0.1) is 0 Å². The van der Waals surface area contributed by atoms with E-state index in [0.717, 1.165) is 0 Å². The fourth-order valence-electron chi connectivity index (χ4n) is 2.16. The summed E-state index contributed by atoms with van der Waals surface area (Å²) in [6.45, 7) is 4.45. The first kappa shape index (κ1) is 9.32. The molecular weight excluding hydrogens is 170 g/mol. The van der Waals surface area contributed by atoms with Gasteiger partial charge in [0.15, 0.2) is 0 Å². The van der Waals surface area contributed by atoms with Crippen molar-refractivity contribution >= 4 is 10.9 Å². The van der Waals surface area contributed by atoms with Gasteiger partial charge >= 0.3 is 0 Å². The molecule has 74 valence electrons. The number of aromatic nitrogens is 1. The van der Waals surface area contributed by atoms with Crippen LogP contribution in [0.5, 0.6) is 0 Å². The van der Waals surface area contributed by atoms with E-state index >= 15 is 0 Å². The van der Waals surface area contributed by atoms with E-state index in [-0.39, 0.29) is 0 Å². The Hall–Kier alpha value is -1.24. The predicted molar refractivity (Wildman–Crippen MR) is 61.7 cm³/mol. The molecular formula is C13H17N. The second-order valence-corrected chi connectivity index (χ2v) is 3.89. The molecule has 0 aliphatic carbocycles. The molecule has 14 heavy (non-hydrogen) atoms. The van der Waals surface area contributed by atoms with E-state index in [1.807, 2.05) is 0 Å². The number of para-hydroxylation sites is 1. The third kappa shape index (κ3) is 1.24. The second-order valence-electron chi connectivity index (χ2n) is 3.89. The van der Waals surface area contributed by atoms with Crippen LogP contribution in [0.1, 0.15) is 24.6 Å². The number of fused-ring (bicyclic) bond motifs is 1. The van der Waals surface area contributed by atoms with Gasteiger partial charge in [-0.1, -0.05) is 31.5 Å². The summed E-state index contributed by atoms with van der Waals surface area (Å²) in [6, 6.07) is 8.66. The normalized spacial score (nSPS) is 11.1. The second kappa shape index (κ2) is 3.49. The summed E-state index contributed by atoms with van der Waals surface area (Å²) in [5.74, 6) is 0. The standard InChI is InChI=1S/C13H17N/c1-4-7-11-10(2)14(3)13-9-6-5-8-12(11)13/h5-6,8-9H,4,7H2,1-3H3. The lowest BCUT2D eigenvalue weighted by Crippen LogP contribution is -1.92. The molecule has 1 aromatic heterocycles. The Kier molecular flexibility index (Phi) is 2.32. The zero-order valence-corrected chi connectivity index (χ0v) is 9.17. The average Bonchev–Trinajstić information content (AvgIpc) is 2.45. The van der Waals surface area contributed by atoms with Gasteiger partial charge in [-0.15, -0.1) is 0 Å². The fourth-order valence-corrected chi connectivity index (χ4v) is 2.16. The highest BCUT2D eigenvalue weighted by molar-refractivity contribution is 5.85. The summed E-state index contributed by atoms with van der Waals surface area (Å²) < 4.78 is 2.29. The molecule has 0 amide bonds. The van der Waals surface area contributed by atoms with Crippen LogP contribution in [0.15, 0.2) is 24.3 Å². The lowest BCUT2D eigenvalue weighted by Gasteiger charge is -1.99. The van der Waals surface area contributed by atoms with Gasteiger partial charge < -0.3 is 4.57 Å². The van der Waals surface area contributed by atoms with Crippen LogP contribution in [0, 0.1) is 6.92 Å². The van der Waals surface area contributed by atoms with Crippen molar-refractivity contribution in [1.82, 2.24) is 4.57 Å². The maximum Gasteiger partial charge on any atom is 0.0482 e. The molecule has 1 heterocycles. The Morgan fingerprint density at radius 2 is 1.93 bits per heavy atom. The molecule has 0 unspecified atom stereocenters. The largest absolute Gasteiger partial charge is 0.348 e. The quantitative estimate of drug-likeness (QED) is 0.678. The van der Waals surface area contributed by atoms with Gasteiger partial charge in [-0.3, -0.25) is 0 Å². The molecule has 0 aliphatic rings. The van der Waals surface area contributed by atoms with Crippen LogP contribution in [0.2, 0.25) is 0 Å². The molecule has 1 aromatic carbocycles. The van der Waals surface area contributed by atoms with Gasteiger partial charge in [0.2, 0.25) is 0 Å². The van der Waals surface area contributed by atoms with Crippen LogP contribution in [-0.4, -0.2) is 4.57 Å². The molecule has 0 fully saturated rings. The number of benzene rings is 1. The van der Waals surface area contributed by atoms with Crippen LogP contribution in [0.4, 0.5) is 0 Å². The van der Waals surface area contributed by atoms with E-state index in [1.54, 1.807) is 0 Å². The van der Waals surface area contributed by atoms with Gasteiger partial charge in [-0.05, 0) is 25.0 Å². The summed E-state index contributed by atoms with van der Waals surface area (Å²) in [7, 11) is 2.15. The topological polar surface area (TPSA) is 4.93 Å². The van der Waals surface area contributed by atoms with Gasteiger partial charge in [-0.25, -0.2) is 0 Å². The molecule has 0 N–H and O–H groups in total. The Morgan fingerprint density at radius 3 is 2.64 bits per heavy atom. The van der Waals surface area contributed by atoms with Crippen molar-refractivity contribution in [2.75, 3.05) is 0 Å². The molecule has 1 nitrogen and oxygen atoms in total. The summed E-state index contributed by atoms with van der Waals surface area (Å²) in [6.07, 6.45) is 2.40. The number of hydrogen-bond donors (Lipinski definition) is 0. The summed E-state index contributed by atoms with van der Waals surface area (Å²) in [5, 5.41) is 1.43. The number of rotatable bonds is 2. The summed E-state index contributed by atoms with van der Waals surface area (Å²) in [5.41, 5.74) is 4.28. The smallest absolute Gasteiger partial charge is 0.0482 e. The van der Waals surface area contributed by atoms with Crippen LogP contribution in [0.3, 0.4) is 0 Å². The minimum Gasteiger partial charge on any atom is -0.348 e. The number of aryl methyl sites for hydroxylation is 2.